The fraction of sp³-hybridized carbons (Fsp3) is 0.727. The average molecular weight is 286 g/mol. The van der Waals surface area contributed by atoms with Crippen molar-refractivity contribution in [3.8, 4) is 0 Å². The molecular formula is C11H19ClF3N3. The van der Waals surface area contributed by atoms with Crippen molar-refractivity contribution in [1.82, 2.24) is 15.1 Å². The molecule has 1 aromatic heterocycles. The molecule has 1 N–H and O–H groups in total. The second-order valence-corrected chi connectivity index (χ2v) is 4.03. The van der Waals surface area contributed by atoms with Gasteiger partial charge in [0.15, 0.2) is 0 Å². The minimum atomic E-state index is -4.33. The van der Waals surface area contributed by atoms with Gasteiger partial charge in [0.1, 0.15) is 5.69 Å². The summed E-state index contributed by atoms with van der Waals surface area (Å²) in [5.74, 6) is 0. The predicted octanol–water partition coefficient (Wildman–Crippen LogP) is 3.14. The quantitative estimate of drug-likeness (QED) is 0.814. The molecule has 1 heterocycles. The van der Waals surface area contributed by atoms with Gasteiger partial charge in [0.05, 0.1) is 5.69 Å². The zero-order chi connectivity index (χ0) is 12.9. The van der Waals surface area contributed by atoms with Crippen LogP contribution in [0.5, 0.6) is 0 Å². The average Bonchev–Trinajstić information content (AvgIpc) is 2.59. The highest BCUT2D eigenvalue weighted by Gasteiger charge is 2.34. The molecule has 0 aliphatic carbocycles. The number of alkyl halides is 3. The number of unbranched alkanes of at least 4 members (excludes halogenated alkanes) is 2. The highest BCUT2D eigenvalue weighted by molar-refractivity contribution is 5.85. The summed E-state index contributed by atoms with van der Waals surface area (Å²) < 4.78 is 38.3. The van der Waals surface area contributed by atoms with Crippen LogP contribution in [0.25, 0.3) is 0 Å². The summed E-state index contributed by atoms with van der Waals surface area (Å²) in [5, 5.41) is 6.91. The Morgan fingerprint density at radius 2 is 2.00 bits per heavy atom. The van der Waals surface area contributed by atoms with Gasteiger partial charge in [-0.1, -0.05) is 19.8 Å². The van der Waals surface area contributed by atoms with Crippen molar-refractivity contribution in [3.63, 3.8) is 0 Å². The number of halogens is 4. The maximum atomic E-state index is 12.5. The van der Waals surface area contributed by atoms with E-state index in [1.807, 2.05) is 0 Å². The lowest BCUT2D eigenvalue weighted by atomic mass is 10.2. The Bertz CT molecular complexity index is 350. The number of hydrogen-bond acceptors (Lipinski definition) is 2. The molecule has 0 aromatic carbocycles. The number of nitrogens with one attached hydrogen (secondary N) is 1. The third-order valence-corrected chi connectivity index (χ3v) is 2.48. The maximum Gasteiger partial charge on any atom is 0.433 e. The monoisotopic (exact) mass is 285 g/mol. The van der Waals surface area contributed by atoms with E-state index < -0.39 is 11.9 Å². The summed E-state index contributed by atoms with van der Waals surface area (Å²) in [5.41, 5.74) is -0.279. The first-order valence-corrected chi connectivity index (χ1v) is 5.76. The van der Waals surface area contributed by atoms with Crippen LogP contribution in [0.1, 0.15) is 37.6 Å². The number of aryl methyl sites for hydroxylation is 1. The van der Waals surface area contributed by atoms with Gasteiger partial charge in [0.2, 0.25) is 0 Å². The van der Waals surface area contributed by atoms with E-state index in [0.29, 0.717) is 12.2 Å². The van der Waals surface area contributed by atoms with Crippen LogP contribution < -0.4 is 5.32 Å². The fourth-order valence-corrected chi connectivity index (χ4v) is 1.59. The van der Waals surface area contributed by atoms with Crippen LogP contribution >= 0.6 is 12.4 Å². The van der Waals surface area contributed by atoms with Crippen molar-refractivity contribution in [2.75, 3.05) is 6.54 Å². The van der Waals surface area contributed by atoms with Gasteiger partial charge in [0.25, 0.3) is 0 Å². The topological polar surface area (TPSA) is 29.9 Å². The molecule has 0 saturated carbocycles. The van der Waals surface area contributed by atoms with Gasteiger partial charge in [-0.05, 0) is 19.0 Å². The molecule has 0 amide bonds. The van der Waals surface area contributed by atoms with Crippen LogP contribution in [0.3, 0.4) is 0 Å². The zero-order valence-electron chi connectivity index (χ0n) is 10.5. The molecule has 1 aromatic rings. The molecule has 0 atom stereocenters. The number of hydrogen-bond donors (Lipinski definition) is 1. The van der Waals surface area contributed by atoms with E-state index >= 15 is 0 Å². The minimum absolute atomic E-state index is 0. The molecule has 0 aliphatic rings. The maximum absolute atomic E-state index is 12.5. The summed E-state index contributed by atoms with van der Waals surface area (Å²) >= 11 is 0. The van der Waals surface area contributed by atoms with Crippen LogP contribution in [-0.4, -0.2) is 16.3 Å². The fourth-order valence-electron chi connectivity index (χ4n) is 1.59. The van der Waals surface area contributed by atoms with Crippen molar-refractivity contribution < 1.29 is 13.2 Å². The SMILES string of the molecule is CCCCCNCc1cc(C(F)(F)F)n(C)n1.Cl. The van der Waals surface area contributed by atoms with Crippen molar-refractivity contribution in [2.45, 2.75) is 38.9 Å². The van der Waals surface area contributed by atoms with E-state index in [9.17, 15) is 13.2 Å². The van der Waals surface area contributed by atoms with Gasteiger partial charge in [-0.25, -0.2) is 0 Å². The normalized spacial score (nSPS) is 11.4. The molecule has 1 rings (SSSR count). The summed E-state index contributed by atoms with van der Waals surface area (Å²) in [6, 6.07) is 1.09. The molecule has 0 aliphatic heterocycles. The Kier molecular flexibility index (Phi) is 7.32. The Morgan fingerprint density at radius 1 is 1.33 bits per heavy atom. The minimum Gasteiger partial charge on any atom is -0.311 e. The van der Waals surface area contributed by atoms with E-state index in [1.165, 1.54) is 7.05 Å². The lowest BCUT2D eigenvalue weighted by Crippen LogP contribution is -2.15. The molecule has 3 nitrogen and oxygen atoms in total. The van der Waals surface area contributed by atoms with Crippen molar-refractivity contribution in [2.24, 2.45) is 7.05 Å². The third kappa shape index (κ3) is 5.27. The number of aromatic nitrogens is 2. The second kappa shape index (κ2) is 7.63. The second-order valence-electron chi connectivity index (χ2n) is 4.03. The van der Waals surface area contributed by atoms with Gasteiger partial charge < -0.3 is 5.32 Å². The summed E-state index contributed by atoms with van der Waals surface area (Å²) in [7, 11) is 1.31. The third-order valence-electron chi connectivity index (χ3n) is 2.48. The largest absolute Gasteiger partial charge is 0.433 e. The molecule has 18 heavy (non-hydrogen) atoms. The highest BCUT2D eigenvalue weighted by Crippen LogP contribution is 2.29. The first kappa shape index (κ1) is 17.2. The van der Waals surface area contributed by atoms with E-state index in [2.05, 4.69) is 17.3 Å². The van der Waals surface area contributed by atoms with Crippen LogP contribution in [0.2, 0.25) is 0 Å². The summed E-state index contributed by atoms with van der Waals surface area (Å²) in [6.45, 7) is 3.30. The Hall–Kier alpha value is -0.750. The first-order chi connectivity index (χ1) is 7.95. The van der Waals surface area contributed by atoms with Crippen LogP contribution in [0.15, 0.2) is 6.07 Å². The van der Waals surface area contributed by atoms with E-state index in [1.54, 1.807) is 0 Å². The van der Waals surface area contributed by atoms with Crippen LogP contribution in [-0.2, 0) is 19.8 Å². The van der Waals surface area contributed by atoms with Crippen LogP contribution in [0.4, 0.5) is 13.2 Å². The highest BCUT2D eigenvalue weighted by atomic mass is 35.5. The van der Waals surface area contributed by atoms with Crippen molar-refractivity contribution in [3.05, 3.63) is 17.5 Å². The lowest BCUT2D eigenvalue weighted by molar-refractivity contribution is -0.143. The first-order valence-electron chi connectivity index (χ1n) is 5.76. The Labute approximate surface area is 111 Å². The molecule has 7 heteroatoms. The predicted molar refractivity (Wildman–Crippen MR) is 66.7 cm³/mol. The summed E-state index contributed by atoms with van der Waals surface area (Å²) in [4.78, 5) is 0. The molecule has 106 valence electrons. The molecule has 0 bridgehead atoms. The van der Waals surface area contributed by atoms with Gasteiger partial charge in [-0.15, -0.1) is 12.4 Å². The molecule has 0 saturated heterocycles. The molecular weight excluding hydrogens is 267 g/mol. The van der Waals surface area contributed by atoms with Crippen molar-refractivity contribution in [1.29, 1.82) is 0 Å². The van der Waals surface area contributed by atoms with Crippen LogP contribution in [0, 0.1) is 0 Å². The molecule has 0 fully saturated rings. The lowest BCUT2D eigenvalue weighted by Gasteiger charge is -2.04. The van der Waals surface area contributed by atoms with Crippen molar-refractivity contribution >= 4 is 12.4 Å². The van der Waals surface area contributed by atoms with E-state index in [-0.39, 0.29) is 12.4 Å². The number of nitrogens with zero attached hydrogens (tertiary/aromatic N) is 2. The van der Waals surface area contributed by atoms with Gasteiger partial charge in [-0.2, -0.15) is 18.3 Å². The number of rotatable bonds is 6. The standard InChI is InChI=1S/C11H18F3N3.ClH/c1-3-4-5-6-15-8-9-7-10(11(12,13)14)17(2)16-9;/h7,15H,3-6,8H2,1-2H3;1H. The van der Waals surface area contributed by atoms with E-state index in [4.69, 9.17) is 0 Å². The van der Waals surface area contributed by atoms with Gasteiger partial charge in [-0.3, -0.25) is 4.68 Å². The van der Waals surface area contributed by atoms with Gasteiger partial charge in [0, 0.05) is 13.6 Å². The Morgan fingerprint density at radius 3 is 2.50 bits per heavy atom. The molecule has 0 spiro atoms. The molecule has 0 unspecified atom stereocenters. The van der Waals surface area contributed by atoms with E-state index in [0.717, 1.165) is 36.6 Å². The summed E-state index contributed by atoms with van der Waals surface area (Å²) in [6.07, 6.45) is -1.04. The Balaban J connectivity index is 0.00000289. The smallest absolute Gasteiger partial charge is 0.311 e. The zero-order valence-corrected chi connectivity index (χ0v) is 11.4. The molecule has 0 radical (unpaired) electrons. The van der Waals surface area contributed by atoms with Gasteiger partial charge >= 0.3 is 6.18 Å².